The van der Waals surface area contributed by atoms with E-state index in [1.807, 2.05) is 0 Å². The largest absolute Gasteiger partial charge is 0.383 e. The van der Waals surface area contributed by atoms with Crippen LogP contribution in [0.5, 0.6) is 0 Å². The van der Waals surface area contributed by atoms with Crippen molar-refractivity contribution < 1.29 is 9.59 Å². The van der Waals surface area contributed by atoms with E-state index in [1.54, 1.807) is 66.7 Å². The molecule has 0 radical (unpaired) electrons. The highest BCUT2D eigenvalue weighted by Gasteiger charge is 2.10. The van der Waals surface area contributed by atoms with Gasteiger partial charge in [-0.1, -0.05) is 22.0 Å². The zero-order valence-electron chi connectivity index (χ0n) is 15.6. The number of aromatic nitrogens is 2. The topological polar surface area (TPSA) is 110 Å². The highest BCUT2D eigenvalue weighted by Crippen LogP contribution is 2.21. The number of benzene rings is 3. The summed E-state index contributed by atoms with van der Waals surface area (Å²) >= 11 is 3.34. The Morgan fingerprint density at radius 2 is 1.43 bits per heavy atom. The average molecular weight is 462 g/mol. The summed E-state index contributed by atoms with van der Waals surface area (Å²) in [6.45, 7) is 0. The van der Waals surface area contributed by atoms with Crippen molar-refractivity contribution in [3.63, 3.8) is 0 Å². The van der Waals surface area contributed by atoms with Crippen LogP contribution in [0, 0.1) is 0 Å². The summed E-state index contributed by atoms with van der Waals surface area (Å²) in [4.78, 5) is 33.1. The zero-order valence-corrected chi connectivity index (χ0v) is 17.2. The van der Waals surface area contributed by atoms with Crippen LogP contribution >= 0.6 is 15.9 Å². The van der Waals surface area contributed by atoms with Crippen molar-refractivity contribution in [2.45, 2.75) is 0 Å². The Morgan fingerprint density at radius 3 is 2.13 bits per heavy atom. The molecule has 0 spiro atoms. The van der Waals surface area contributed by atoms with Crippen molar-refractivity contribution in [2.24, 2.45) is 0 Å². The molecule has 30 heavy (non-hydrogen) atoms. The van der Waals surface area contributed by atoms with Crippen LogP contribution in [0.2, 0.25) is 0 Å². The summed E-state index contributed by atoms with van der Waals surface area (Å²) in [5.41, 5.74) is 8.50. The molecule has 0 aliphatic heterocycles. The molecule has 0 saturated carbocycles. The Morgan fingerprint density at radius 1 is 0.800 bits per heavy atom. The Hall–Kier alpha value is -3.78. The highest BCUT2D eigenvalue weighted by molar-refractivity contribution is 9.10. The van der Waals surface area contributed by atoms with Crippen molar-refractivity contribution in [1.82, 2.24) is 9.97 Å². The summed E-state index contributed by atoms with van der Waals surface area (Å²) in [7, 11) is 0. The second-order valence-electron chi connectivity index (χ2n) is 6.49. The van der Waals surface area contributed by atoms with E-state index in [9.17, 15) is 9.59 Å². The van der Waals surface area contributed by atoms with Gasteiger partial charge in [-0.15, -0.1) is 0 Å². The van der Waals surface area contributed by atoms with Crippen molar-refractivity contribution in [2.75, 3.05) is 16.4 Å². The normalized spacial score (nSPS) is 10.6. The fourth-order valence-electron chi connectivity index (χ4n) is 2.90. The van der Waals surface area contributed by atoms with Gasteiger partial charge in [0.05, 0.1) is 5.52 Å². The molecule has 4 aromatic rings. The maximum atomic E-state index is 12.7. The van der Waals surface area contributed by atoms with Gasteiger partial charge >= 0.3 is 0 Å². The monoisotopic (exact) mass is 461 g/mol. The third-order valence-electron chi connectivity index (χ3n) is 4.41. The number of hydrogen-bond acceptors (Lipinski definition) is 5. The molecule has 0 unspecified atom stereocenters. The predicted molar refractivity (Wildman–Crippen MR) is 120 cm³/mol. The van der Waals surface area contributed by atoms with Gasteiger partial charge in [0.25, 0.3) is 11.8 Å². The summed E-state index contributed by atoms with van der Waals surface area (Å²) in [6.07, 6.45) is 1.36. The molecule has 4 N–H and O–H groups in total. The third kappa shape index (κ3) is 4.28. The molecule has 4 rings (SSSR count). The standard InChI is InChI=1S/C22H16BrN5O2/c23-15-7-4-13(5-8-15)21(29)27-16-2-1-3-17(11-16)28-22(30)14-6-9-18-19(10-14)25-12-26-20(18)24/h1-12H,(H,27,29)(H,28,30)(H2,24,25,26). The van der Waals surface area contributed by atoms with Gasteiger partial charge in [0, 0.05) is 32.4 Å². The van der Waals surface area contributed by atoms with Crippen LogP contribution in [-0.4, -0.2) is 21.8 Å². The number of hydrogen-bond donors (Lipinski definition) is 3. The molecular formula is C22H16BrN5O2. The molecule has 0 aliphatic rings. The van der Waals surface area contributed by atoms with Crippen LogP contribution in [0.4, 0.5) is 17.2 Å². The second kappa shape index (κ2) is 8.30. The summed E-state index contributed by atoms with van der Waals surface area (Å²) in [5, 5.41) is 6.34. The first kappa shape index (κ1) is 19.5. The summed E-state index contributed by atoms with van der Waals surface area (Å²) in [5.74, 6) is -0.176. The van der Waals surface area contributed by atoms with E-state index in [0.29, 0.717) is 39.2 Å². The number of rotatable bonds is 4. The van der Waals surface area contributed by atoms with E-state index in [-0.39, 0.29) is 11.8 Å². The first-order valence-electron chi connectivity index (χ1n) is 8.98. The van der Waals surface area contributed by atoms with E-state index < -0.39 is 0 Å². The Bertz CT molecular complexity index is 1260. The fourth-order valence-corrected chi connectivity index (χ4v) is 3.17. The number of nitrogens with one attached hydrogen (secondary N) is 2. The van der Waals surface area contributed by atoms with Crippen LogP contribution in [0.25, 0.3) is 10.9 Å². The summed E-state index contributed by atoms with van der Waals surface area (Å²) in [6, 6.07) is 19.0. The molecular weight excluding hydrogens is 446 g/mol. The number of anilines is 3. The summed E-state index contributed by atoms with van der Waals surface area (Å²) < 4.78 is 0.895. The highest BCUT2D eigenvalue weighted by atomic mass is 79.9. The minimum atomic E-state index is -0.300. The van der Waals surface area contributed by atoms with Crippen LogP contribution < -0.4 is 16.4 Å². The van der Waals surface area contributed by atoms with Crippen LogP contribution in [0.1, 0.15) is 20.7 Å². The molecule has 1 aromatic heterocycles. The number of halogens is 1. The molecule has 0 fully saturated rings. The lowest BCUT2D eigenvalue weighted by Crippen LogP contribution is -2.14. The number of carbonyl (C=O) groups excluding carboxylic acids is 2. The van der Waals surface area contributed by atoms with E-state index in [4.69, 9.17) is 5.73 Å². The molecule has 8 heteroatoms. The lowest BCUT2D eigenvalue weighted by Gasteiger charge is -2.10. The lowest BCUT2D eigenvalue weighted by molar-refractivity contribution is 0.101. The van der Waals surface area contributed by atoms with Gasteiger partial charge in [-0.05, 0) is 60.7 Å². The van der Waals surface area contributed by atoms with E-state index in [0.717, 1.165) is 4.47 Å². The van der Waals surface area contributed by atoms with Gasteiger partial charge in [-0.2, -0.15) is 0 Å². The predicted octanol–water partition coefficient (Wildman–Crippen LogP) is 4.48. The molecule has 0 atom stereocenters. The van der Waals surface area contributed by atoms with Crippen LogP contribution in [0.15, 0.2) is 77.5 Å². The van der Waals surface area contributed by atoms with E-state index >= 15 is 0 Å². The van der Waals surface area contributed by atoms with Gasteiger partial charge in [-0.25, -0.2) is 9.97 Å². The quantitative estimate of drug-likeness (QED) is 0.414. The molecule has 7 nitrogen and oxygen atoms in total. The molecule has 2 amide bonds. The average Bonchev–Trinajstić information content (AvgIpc) is 2.74. The van der Waals surface area contributed by atoms with Crippen molar-refractivity contribution in [1.29, 1.82) is 0 Å². The van der Waals surface area contributed by atoms with Crippen LogP contribution in [0.3, 0.4) is 0 Å². The first-order valence-corrected chi connectivity index (χ1v) is 9.77. The minimum Gasteiger partial charge on any atom is -0.383 e. The zero-order chi connectivity index (χ0) is 21.1. The lowest BCUT2D eigenvalue weighted by atomic mass is 10.1. The molecule has 0 saturated heterocycles. The minimum absolute atomic E-state index is 0.238. The fraction of sp³-hybridized carbons (Fsp3) is 0. The number of carbonyl (C=O) groups is 2. The molecule has 3 aromatic carbocycles. The number of nitrogens with two attached hydrogens (primary N) is 1. The number of nitrogens with zero attached hydrogens (tertiary/aromatic N) is 2. The maximum Gasteiger partial charge on any atom is 0.255 e. The van der Waals surface area contributed by atoms with Crippen molar-refractivity contribution in [3.8, 4) is 0 Å². The molecule has 1 heterocycles. The number of nitrogen functional groups attached to an aromatic ring is 1. The van der Waals surface area contributed by atoms with Gasteiger partial charge < -0.3 is 16.4 Å². The van der Waals surface area contributed by atoms with Gasteiger partial charge in [-0.3, -0.25) is 9.59 Å². The Kier molecular flexibility index (Phi) is 5.40. The van der Waals surface area contributed by atoms with Gasteiger partial charge in [0.2, 0.25) is 0 Å². The van der Waals surface area contributed by atoms with E-state index in [2.05, 4.69) is 36.5 Å². The van der Waals surface area contributed by atoms with Gasteiger partial charge in [0.15, 0.2) is 0 Å². The first-order chi connectivity index (χ1) is 14.5. The number of fused-ring (bicyclic) bond motifs is 1. The van der Waals surface area contributed by atoms with E-state index in [1.165, 1.54) is 6.33 Å². The molecule has 148 valence electrons. The van der Waals surface area contributed by atoms with Gasteiger partial charge in [0.1, 0.15) is 12.1 Å². The van der Waals surface area contributed by atoms with Crippen LogP contribution in [-0.2, 0) is 0 Å². The Labute approximate surface area is 180 Å². The molecule has 0 bridgehead atoms. The molecule has 0 aliphatic carbocycles. The smallest absolute Gasteiger partial charge is 0.255 e. The number of amides is 2. The third-order valence-corrected chi connectivity index (χ3v) is 4.94. The Balaban J connectivity index is 1.49. The maximum absolute atomic E-state index is 12.7. The SMILES string of the molecule is Nc1ncnc2cc(C(=O)Nc3cccc(NC(=O)c4ccc(Br)cc4)c3)ccc12. The van der Waals surface area contributed by atoms with Crippen molar-refractivity contribution >= 4 is 55.8 Å². The second-order valence-corrected chi connectivity index (χ2v) is 7.40. The van der Waals surface area contributed by atoms with Crippen molar-refractivity contribution in [3.05, 3.63) is 88.7 Å².